The van der Waals surface area contributed by atoms with E-state index >= 15 is 0 Å². The highest BCUT2D eigenvalue weighted by Gasteiger charge is 2.39. The Bertz CT molecular complexity index is 1090. The quantitative estimate of drug-likeness (QED) is 0.696. The Morgan fingerprint density at radius 1 is 1.30 bits per heavy atom. The van der Waals surface area contributed by atoms with Crippen LogP contribution in [0.2, 0.25) is 5.02 Å². The number of carbonyl (C=O) groups excluding carboxylic acids is 1. The van der Waals surface area contributed by atoms with Gasteiger partial charge in [-0.3, -0.25) is 4.79 Å². The van der Waals surface area contributed by atoms with Crippen molar-refractivity contribution in [1.82, 2.24) is 10.3 Å². The molecule has 2 aromatic carbocycles. The number of aromatic amines is 1. The lowest BCUT2D eigenvalue weighted by Gasteiger charge is -2.28. The van der Waals surface area contributed by atoms with E-state index in [4.69, 9.17) is 11.6 Å². The van der Waals surface area contributed by atoms with E-state index in [1.54, 1.807) is 0 Å². The van der Waals surface area contributed by atoms with Gasteiger partial charge in [0.2, 0.25) is 5.91 Å². The van der Waals surface area contributed by atoms with E-state index in [0.717, 1.165) is 28.6 Å². The highest BCUT2D eigenvalue weighted by molar-refractivity contribution is 6.31. The second-order valence-corrected chi connectivity index (χ2v) is 8.33. The summed E-state index contributed by atoms with van der Waals surface area (Å²) >= 11 is 6.03. The van der Waals surface area contributed by atoms with Gasteiger partial charge in [0.05, 0.1) is 24.1 Å². The van der Waals surface area contributed by atoms with Gasteiger partial charge in [0.25, 0.3) is 0 Å². The average molecular weight is 378 g/mol. The van der Waals surface area contributed by atoms with Crippen LogP contribution in [0.5, 0.6) is 0 Å². The molecule has 0 aliphatic heterocycles. The molecule has 136 valence electrons. The van der Waals surface area contributed by atoms with Crippen LogP contribution >= 0.6 is 11.6 Å². The zero-order chi connectivity index (χ0) is 19.2. The molecule has 4 rings (SSSR count). The Kier molecular flexibility index (Phi) is 4.20. The van der Waals surface area contributed by atoms with E-state index in [2.05, 4.69) is 30.2 Å². The van der Waals surface area contributed by atoms with Gasteiger partial charge in [0, 0.05) is 21.6 Å². The van der Waals surface area contributed by atoms with E-state index in [-0.39, 0.29) is 23.8 Å². The van der Waals surface area contributed by atoms with Crippen molar-refractivity contribution in [3.63, 3.8) is 0 Å². The lowest BCUT2D eigenvalue weighted by molar-refractivity contribution is -0.122. The van der Waals surface area contributed by atoms with Crippen molar-refractivity contribution in [1.29, 1.82) is 5.26 Å². The highest BCUT2D eigenvalue weighted by atomic mass is 35.5. The molecule has 1 aliphatic rings. The minimum absolute atomic E-state index is 0.0408. The molecule has 0 saturated heterocycles. The van der Waals surface area contributed by atoms with Crippen LogP contribution in [0.25, 0.3) is 10.9 Å². The summed E-state index contributed by atoms with van der Waals surface area (Å²) in [6.07, 6.45) is 1.15. The molecule has 0 spiro atoms. The van der Waals surface area contributed by atoms with E-state index in [1.807, 2.05) is 42.5 Å². The Morgan fingerprint density at radius 3 is 2.89 bits per heavy atom. The number of hydrogen-bond acceptors (Lipinski definition) is 2. The molecule has 4 nitrogen and oxygen atoms in total. The number of benzene rings is 2. The average Bonchev–Trinajstić information content (AvgIpc) is 3.11. The molecule has 1 aromatic heterocycles. The Labute approximate surface area is 163 Å². The lowest BCUT2D eigenvalue weighted by atomic mass is 9.85. The van der Waals surface area contributed by atoms with Crippen molar-refractivity contribution in [2.45, 2.75) is 32.7 Å². The predicted molar refractivity (Wildman–Crippen MR) is 107 cm³/mol. The van der Waals surface area contributed by atoms with E-state index in [1.165, 1.54) is 5.56 Å². The van der Waals surface area contributed by atoms with Crippen molar-refractivity contribution in [3.8, 4) is 6.07 Å². The van der Waals surface area contributed by atoms with Crippen LogP contribution in [0.4, 0.5) is 0 Å². The van der Waals surface area contributed by atoms with E-state index in [0.29, 0.717) is 10.6 Å². The summed E-state index contributed by atoms with van der Waals surface area (Å²) in [7, 11) is 0. The van der Waals surface area contributed by atoms with Gasteiger partial charge in [0.1, 0.15) is 0 Å². The Morgan fingerprint density at radius 2 is 2.11 bits per heavy atom. The van der Waals surface area contributed by atoms with Gasteiger partial charge in [0.15, 0.2) is 0 Å². The maximum Gasteiger partial charge on any atom is 0.226 e. The van der Waals surface area contributed by atoms with Crippen LogP contribution in [0.15, 0.2) is 42.5 Å². The Hall–Kier alpha value is -2.77. The summed E-state index contributed by atoms with van der Waals surface area (Å²) in [6, 6.07) is 15.4. The fraction of sp³-hybridized carbons (Fsp3) is 0.273. The molecule has 0 saturated carbocycles. The normalized spacial score (nSPS) is 17.5. The third-order valence-electron chi connectivity index (χ3n) is 5.31. The number of nitriles is 1. The van der Waals surface area contributed by atoms with Crippen molar-refractivity contribution in [3.05, 3.63) is 69.9 Å². The minimum Gasteiger partial charge on any atom is -0.358 e. The molecule has 1 amide bonds. The summed E-state index contributed by atoms with van der Waals surface area (Å²) in [5.41, 5.74) is 4.60. The molecule has 1 heterocycles. The van der Waals surface area contributed by atoms with Crippen LogP contribution in [0, 0.1) is 16.7 Å². The van der Waals surface area contributed by atoms with Crippen LogP contribution in [-0.4, -0.2) is 10.9 Å². The molecule has 0 radical (unpaired) electrons. The molecule has 3 aromatic rings. The number of aromatic nitrogens is 1. The summed E-state index contributed by atoms with van der Waals surface area (Å²) in [5, 5.41) is 14.1. The van der Waals surface area contributed by atoms with Crippen LogP contribution < -0.4 is 5.32 Å². The summed E-state index contributed by atoms with van der Waals surface area (Å²) in [6.45, 7) is 4.30. The standard InChI is InChI=1S/C22H20ClN3O/c1-22(2)11-14-4-3-13(12-24)7-18(14)21(22)26-20(27)10-17-9-15-8-16(23)5-6-19(15)25-17/h3-9,21,25H,10-11H2,1-2H3,(H,26,27). The number of nitrogens with one attached hydrogen (secondary N) is 2. The van der Waals surface area contributed by atoms with Gasteiger partial charge in [-0.15, -0.1) is 0 Å². The van der Waals surface area contributed by atoms with Gasteiger partial charge in [-0.05, 0) is 59.4 Å². The van der Waals surface area contributed by atoms with E-state index < -0.39 is 0 Å². The Balaban J connectivity index is 1.56. The van der Waals surface area contributed by atoms with Gasteiger partial charge < -0.3 is 10.3 Å². The third-order valence-corrected chi connectivity index (χ3v) is 5.54. The van der Waals surface area contributed by atoms with Crippen LogP contribution in [-0.2, 0) is 17.6 Å². The van der Waals surface area contributed by atoms with Crippen molar-refractivity contribution in [2.75, 3.05) is 0 Å². The molecule has 2 N–H and O–H groups in total. The van der Waals surface area contributed by atoms with Crippen molar-refractivity contribution in [2.24, 2.45) is 5.41 Å². The molecule has 0 fully saturated rings. The van der Waals surface area contributed by atoms with Gasteiger partial charge in [-0.25, -0.2) is 0 Å². The SMILES string of the molecule is CC1(C)Cc2ccc(C#N)cc2C1NC(=O)Cc1cc2cc(Cl)ccc2[nH]1. The fourth-order valence-electron chi connectivity index (χ4n) is 4.03. The molecule has 1 aliphatic carbocycles. The first-order valence-electron chi connectivity index (χ1n) is 8.95. The second kappa shape index (κ2) is 6.44. The number of halogens is 1. The topological polar surface area (TPSA) is 68.7 Å². The van der Waals surface area contributed by atoms with Crippen molar-refractivity contribution < 1.29 is 4.79 Å². The molecular weight excluding hydrogens is 358 g/mol. The maximum absolute atomic E-state index is 12.7. The fourth-order valence-corrected chi connectivity index (χ4v) is 4.21. The first kappa shape index (κ1) is 17.6. The zero-order valence-electron chi connectivity index (χ0n) is 15.3. The van der Waals surface area contributed by atoms with Gasteiger partial charge in [-0.1, -0.05) is 31.5 Å². The van der Waals surface area contributed by atoms with E-state index in [9.17, 15) is 10.1 Å². The number of fused-ring (bicyclic) bond motifs is 2. The van der Waals surface area contributed by atoms with Gasteiger partial charge in [-0.2, -0.15) is 5.26 Å². The smallest absolute Gasteiger partial charge is 0.226 e. The third kappa shape index (κ3) is 3.31. The monoisotopic (exact) mass is 377 g/mol. The highest BCUT2D eigenvalue weighted by Crippen LogP contribution is 2.45. The summed E-state index contributed by atoms with van der Waals surface area (Å²) < 4.78 is 0. The zero-order valence-corrected chi connectivity index (χ0v) is 16.0. The second-order valence-electron chi connectivity index (χ2n) is 7.89. The lowest BCUT2D eigenvalue weighted by Crippen LogP contribution is -2.36. The largest absolute Gasteiger partial charge is 0.358 e. The number of hydrogen-bond donors (Lipinski definition) is 2. The molecule has 0 bridgehead atoms. The van der Waals surface area contributed by atoms with Crippen LogP contribution in [0.3, 0.4) is 0 Å². The minimum atomic E-state index is -0.105. The number of amides is 1. The van der Waals surface area contributed by atoms with Crippen LogP contribution in [0.1, 0.15) is 42.3 Å². The summed E-state index contributed by atoms with van der Waals surface area (Å²) in [5.74, 6) is -0.0408. The number of nitrogens with zero attached hydrogens (tertiary/aromatic N) is 1. The molecule has 1 unspecified atom stereocenters. The number of carbonyl (C=O) groups is 1. The number of rotatable bonds is 3. The van der Waals surface area contributed by atoms with Crippen molar-refractivity contribution >= 4 is 28.4 Å². The first-order valence-corrected chi connectivity index (χ1v) is 9.33. The number of H-pyrrole nitrogens is 1. The first-order chi connectivity index (χ1) is 12.9. The summed E-state index contributed by atoms with van der Waals surface area (Å²) in [4.78, 5) is 16.0. The maximum atomic E-state index is 12.7. The predicted octanol–water partition coefficient (Wildman–Crippen LogP) is 4.68. The molecular formula is C22H20ClN3O. The molecule has 5 heteroatoms. The van der Waals surface area contributed by atoms with Gasteiger partial charge >= 0.3 is 0 Å². The molecule has 1 atom stereocenters. The molecule has 27 heavy (non-hydrogen) atoms.